The normalized spacial score (nSPS) is 11.5. The van der Waals surface area contributed by atoms with E-state index in [1.165, 1.54) is 6.07 Å². The first-order chi connectivity index (χ1) is 11.8. The molecule has 2 aromatic carbocycles. The van der Waals surface area contributed by atoms with Gasteiger partial charge in [0.1, 0.15) is 16.5 Å². The molecule has 0 saturated carbocycles. The highest BCUT2D eigenvalue weighted by Crippen LogP contribution is 2.26. The third-order valence-corrected chi connectivity index (χ3v) is 5.22. The van der Waals surface area contributed by atoms with Crippen molar-refractivity contribution < 1.29 is 17.2 Å². The van der Waals surface area contributed by atoms with Crippen molar-refractivity contribution in [2.75, 3.05) is 4.72 Å². The second-order valence-corrected chi connectivity index (χ2v) is 7.51. The van der Waals surface area contributed by atoms with Gasteiger partial charge < -0.3 is 4.42 Å². The Morgan fingerprint density at radius 3 is 2.56 bits per heavy atom. The van der Waals surface area contributed by atoms with Gasteiger partial charge in [-0.05, 0) is 50.2 Å². The van der Waals surface area contributed by atoms with Crippen molar-refractivity contribution in [3.8, 4) is 11.5 Å². The van der Waals surface area contributed by atoms with Gasteiger partial charge in [0.2, 0.25) is 5.89 Å². The number of anilines is 1. The Balaban J connectivity index is 1.94. The van der Waals surface area contributed by atoms with Crippen LogP contribution in [0.25, 0.3) is 11.5 Å². The van der Waals surface area contributed by atoms with E-state index in [4.69, 9.17) is 16.0 Å². The second kappa shape index (κ2) is 6.50. The van der Waals surface area contributed by atoms with Crippen molar-refractivity contribution in [1.82, 2.24) is 4.98 Å². The van der Waals surface area contributed by atoms with Crippen LogP contribution in [-0.4, -0.2) is 13.4 Å². The monoisotopic (exact) mass is 380 g/mol. The molecule has 0 radical (unpaired) electrons. The molecule has 8 heteroatoms. The van der Waals surface area contributed by atoms with E-state index in [-0.39, 0.29) is 10.7 Å². The Morgan fingerprint density at radius 1 is 1.16 bits per heavy atom. The highest BCUT2D eigenvalue weighted by molar-refractivity contribution is 7.92. The van der Waals surface area contributed by atoms with Crippen molar-refractivity contribution in [1.29, 1.82) is 0 Å². The summed E-state index contributed by atoms with van der Waals surface area (Å²) >= 11 is 5.66. The third-order valence-electron chi connectivity index (χ3n) is 3.57. The summed E-state index contributed by atoms with van der Waals surface area (Å²) < 4.78 is 46.6. The van der Waals surface area contributed by atoms with Gasteiger partial charge in [-0.2, -0.15) is 0 Å². The molecule has 3 rings (SSSR count). The van der Waals surface area contributed by atoms with Crippen molar-refractivity contribution in [2.24, 2.45) is 0 Å². The Bertz CT molecular complexity index is 1030. The van der Waals surface area contributed by atoms with Gasteiger partial charge in [-0.15, -0.1) is 0 Å². The van der Waals surface area contributed by atoms with Gasteiger partial charge in [-0.1, -0.05) is 17.7 Å². The van der Waals surface area contributed by atoms with Gasteiger partial charge in [0.25, 0.3) is 10.0 Å². The van der Waals surface area contributed by atoms with Crippen molar-refractivity contribution in [3.63, 3.8) is 0 Å². The summed E-state index contributed by atoms with van der Waals surface area (Å²) in [6, 6.07) is 9.89. The summed E-state index contributed by atoms with van der Waals surface area (Å²) in [6.07, 6.45) is 0. The van der Waals surface area contributed by atoms with Crippen LogP contribution in [0.1, 0.15) is 11.5 Å². The predicted octanol–water partition coefficient (Wildman–Crippen LogP) is 4.55. The number of hydrogen-bond donors (Lipinski definition) is 1. The molecule has 0 saturated heterocycles. The number of aromatic nitrogens is 1. The standard InChI is InChI=1S/C17H14ClFN2O3S/c1-10-11(2)24-17(20-10)12-4-3-5-14(8-12)21-25(22,23)16-7-6-13(18)9-15(16)19/h3-9,21H,1-2H3. The molecular weight excluding hydrogens is 367 g/mol. The highest BCUT2D eigenvalue weighted by atomic mass is 35.5. The lowest BCUT2D eigenvalue weighted by Crippen LogP contribution is -2.14. The number of benzene rings is 2. The molecule has 0 atom stereocenters. The fourth-order valence-corrected chi connectivity index (χ4v) is 3.48. The number of nitrogens with one attached hydrogen (secondary N) is 1. The minimum absolute atomic E-state index is 0.119. The summed E-state index contributed by atoms with van der Waals surface area (Å²) in [5, 5.41) is 0.119. The zero-order valence-corrected chi connectivity index (χ0v) is 15.0. The molecule has 0 fully saturated rings. The largest absolute Gasteiger partial charge is 0.441 e. The Labute approximate surface area is 149 Å². The highest BCUT2D eigenvalue weighted by Gasteiger charge is 2.20. The lowest BCUT2D eigenvalue weighted by molar-refractivity contribution is 0.541. The van der Waals surface area contributed by atoms with Gasteiger partial charge in [-0.25, -0.2) is 17.8 Å². The SMILES string of the molecule is Cc1nc(-c2cccc(NS(=O)(=O)c3ccc(Cl)cc3F)c2)oc1C. The molecule has 0 aliphatic rings. The number of aryl methyl sites for hydroxylation is 2. The van der Waals surface area contributed by atoms with Crippen LogP contribution in [0, 0.1) is 19.7 Å². The zero-order valence-electron chi connectivity index (χ0n) is 13.4. The predicted molar refractivity (Wildman–Crippen MR) is 93.6 cm³/mol. The fraction of sp³-hybridized carbons (Fsp3) is 0.118. The van der Waals surface area contributed by atoms with E-state index < -0.39 is 20.7 Å². The number of halogens is 2. The van der Waals surface area contributed by atoms with E-state index >= 15 is 0 Å². The molecule has 0 bridgehead atoms. The number of sulfonamides is 1. The van der Waals surface area contributed by atoms with Crippen LogP contribution in [0.5, 0.6) is 0 Å². The average molecular weight is 381 g/mol. The van der Waals surface area contributed by atoms with E-state index in [1.807, 2.05) is 6.92 Å². The number of hydrogen-bond acceptors (Lipinski definition) is 4. The Kier molecular flexibility index (Phi) is 4.53. The van der Waals surface area contributed by atoms with E-state index in [0.717, 1.165) is 17.8 Å². The van der Waals surface area contributed by atoms with Crippen LogP contribution in [0.4, 0.5) is 10.1 Å². The average Bonchev–Trinajstić information content (AvgIpc) is 2.86. The van der Waals surface area contributed by atoms with Gasteiger partial charge in [0.15, 0.2) is 0 Å². The van der Waals surface area contributed by atoms with E-state index in [2.05, 4.69) is 9.71 Å². The molecule has 0 spiro atoms. The number of oxazole rings is 1. The first kappa shape index (κ1) is 17.4. The Hall–Kier alpha value is -2.38. The van der Waals surface area contributed by atoms with Crippen LogP contribution in [0.15, 0.2) is 51.8 Å². The van der Waals surface area contributed by atoms with Gasteiger partial charge >= 0.3 is 0 Å². The first-order valence-electron chi connectivity index (χ1n) is 7.28. The molecule has 25 heavy (non-hydrogen) atoms. The summed E-state index contributed by atoms with van der Waals surface area (Å²) in [5.74, 6) is 0.146. The van der Waals surface area contributed by atoms with Crippen LogP contribution in [0.3, 0.4) is 0 Å². The smallest absolute Gasteiger partial charge is 0.264 e. The van der Waals surface area contributed by atoms with Crippen LogP contribution >= 0.6 is 11.6 Å². The maximum Gasteiger partial charge on any atom is 0.264 e. The zero-order chi connectivity index (χ0) is 18.2. The quantitative estimate of drug-likeness (QED) is 0.720. The summed E-state index contributed by atoms with van der Waals surface area (Å²) in [4.78, 5) is 3.80. The maximum absolute atomic E-state index is 13.9. The second-order valence-electron chi connectivity index (χ2n) is 5.42. The molecular formula is C17H14ClFN2O3S. The Morgan fingerprint density at radius 2 is 1.92 bits per heavy atom. The van der Waals surface area contributed by atoms with Crippen molar-refractivity contribution >= 4 is 27.3 Å². The molecule has 1 heterocycles. The maximum atomic E-state index is 13.9. The summed E-state index contributed by atoms with van der Waals surface area (Å²) in [5.41, 5.74) is 1.62. The van der Waals surface area contributed by atoms with E-state index in [1.54, 1.807) is 31.2 Å². The molecule has 0 aliphatic carbocycles. The lowest BCUT2D eigenvalue weighted by Gasteiger charge is -2.09. The lowest BCUT2D eigenvalue weighted by atomic mass is 10.2. The summed E-state index contributed by atoms with van der Waals surface area (Å²) in [6.45, 7) is 3.61. The molecule has 1 aromatic heterocycles. The van der Waals surface area contributed by atoms with Gasteiger partial charge in [0.05, 0.1) is 5.69 Å². The topological polar surface area (TPSA) is 72.2 Å². The summed E-state index contributed by atoms with van der Waals surface area (Å²) in [7, 11) is -4.10. The molecule has 3 aromatic rings. The van der Waals surface area contributed by atoms with Crippen LogP contribution in [-0.2, 0) is 10.0 Å². The minimum atomic E-state index is -4.10. The van der Waals surface area contributed by atoms with E-state index in [9.17, 15) is 12.8 Å². The first-order valence-corrected chi connectivity index (χ1v) is 9.15. The molecule has 5 nitrogen and oxygen atoms in total. The molecule has 0 unspecified atom stereocenters. The van der Waals surface area contributed by atoms with Crippen LogP contribution in [0.2, 0.25) is 5.02 Å². The molecule has 0 aliphatic heterocycles. The molecule has 130 valence electrons. The third kappa shape index (κ3) is 3.67. The molecule has 0 amide bonds. The molecule has 1 N–H and O–H groups in total. The van der Waals surface area contributed by atoms with Gasteiger partial charge in [-0.3, -0.25) is 4.72 Å². The van der Waals surface area contributed by atoms with Crippen LogP contribution < -0.4 is 4.72 Å². The number of rotatable bonds is 4. The van der Waals surface area contributed by atoms with Gasteiger partial charge in [0, 0.05) is 16.3 Å². The van der Waals surface area contributed by atoms with Crippen molar-refractivity contribution in [2.45, 2.75) is 18.7 Å². The fourth-order valence-electron chi connectivity index (χ4n) is 2.22. The minimum Gasteiger partial charge on any atom is -0.441 e. The number of nitrogens with zero attached hydrogens (tertiary/aromatic N) is 1. The van der Waals surface area contributed by atoms with E-state index in [0.29, 0.717) is 17.2 Å². The van der Waals surface area contributed by atoms with Crippen molar-refractivity contribution in [3.05, 3.63) is 64.8 Å².